The molecular weight excluding hydrogens is 196 g/mol. The lowest BCUT2D eigenvalue weighted by Crippen LogP contribution is -1.89. The summed E-state index contributed by atoms with van der Waals surface area (Å²) in [5, 5.41) is 0.635. The molecule has 2 aromatic heterocycles. The molecule has 0 fully saturated rings. The van der Waals surface area contributed by atoms with Crippen LogP contribution in [0.1, 0.15) is 5.69 Å². The SMILES string of the molecule is Cc1ncc(Cl)cc1-c1ccccn1. The molecule has 0 aliphatic rings. The highest BCUT2D eigenvalue weighted by molar-refractivity contribution is 6.30. The van der Waals surface area contributed by atoms with Crippen LogP contribution in [0.15, 0.2) is 36.7 Å². The maximum absolute atomic E-state index is 5.88. The van der Waals surface area contributed by atoms with Crippen LogP contribution >= 0.6 is 11.6 Å². The molecule has 0 bridgehead atoms. The fourth-order valence-electron chi connectivity index (χ4n) is 1.29. The highest BCUT2D eigenvalue weighted by atomic mass is 35.5. The van der Waals surface area contributed by atoms with Gasteiger partial charge in [-0.05, 0) is 25.1 Å². The van der Waals surface area contributed by atoms with Crippen LogP contribution in [0.5, 0.6) is 0 Å². The van der Waals surface area contributed by atoms with E-state index in [2.05, 4.69) is 9.97 Å². The number of halogens is 1. The van der Waals surface area contributed by atoms with Crippen LogP contribution in [-0.4, -0.2) is 9.97 Å². The van der Waals surface area contributed by atoms with E-state index in [1.807, 2.05) is 31.2 Å². The Morgan fingerprint density at radius 1 is 1.21 bits per heavy atom. The fraction of sp³-hybridized carbons (Fsp3) is 0.0909. The maximum Gasteiger partial charge on any atom is 0.0720 e. The standard InChI is InChI=1S/C11H9ClN2/c1-8-10(6-9(12)7-14-8)11-4-2-3-5-13-11/h2-7H,1H3. The molecule has 0 saturated carbocycles. The summed E-state index contributed by atoms with van der Waals surface area (Å²) in [6.07, 6.45) is 3.40. The average Bonchev–Trinajstić information content (AvgIpc) is 2.23. The van der Waals surface area contributed by atoms with Crippen LogP contribution < -0.4 is 0 Å². The van der Waals surface area contributed by atoms with Gasteiger partial charge in [0.2, 0.25) is 0 Å². The predicted octanol–water partition coefficient (Wildman–Crippen LogP) is 3.11. The molecule has 0 aromatic carbocycles. The third kappa shape index (κ3) is 1.75. The van der Waals surface area contributed by atoms with Gasteiger partial charge in [-0.2, -0.15) is 0 Å². The summed E-state index contributed by atoms with van der Waals surface area (Å²) in [7, 11) is 0. The second kappa shape index (κ2) is 3.76. The Hall–Kier alpha value is -1.41. The number of pyridine rings is 2. The molecule has 2 nitrogen and oxygen atoms in total. The molecule has 0 saturated heterocycles. The van der Waals surface area contributed by atoms with E-state index in [0.717, 1.165) is 17.0 Å². The van der Waals surface area contributed by atoms with E-state index in [1.165, 1.54) is 0 Å². The summed E-state index contributed by atoms with van der Waals surface area (Å²) in [5.74, 6) is 0. The van der Waals surface area contributed by atoms with E-state index < -0.39 is 0 Å². The Morgan fingerprint density at radius 3 is 2.79 bits per heavy atom. The van der Waals surface area contributed by atoms with Crippen molar-refractivity contribution in [1.82, 2.24) is 9.97 Å². The van der Waals surface area contributed by atoms with Crippen LogP contribution in [0, 0.1) is 6.92 Å². The Kier molecular flexibility index (Phi) is 2.46. The molecule has 0 aliphatic carbocycles. The van der Waals surface area contributed by atoms with Crippen molar-refractivity contribution in [2.75, 3.05) is 0 Å². The molecule has 0 amide bonds. The quantitative estimate of drug-likeness (QED) is 0.714. The van der Waals surface area contributed by atoms with Gasteiger partial charge in [0, 0.05) is 23.7 Å². The van der Waals surface area contributed by atoms with Gasteiger partial charge in [0.25, 0.3) is 0 Å². The minimum atomic E-state index is 0.635. The van der Waals surface area contributed by atoms with Crippen molar-refractivity contribution in [3.8, 4) is 11.3 Å². The Bertz CT molecular complexity index is 440. The largest absolute Gasteiger partial charge is 0.259 e. The Balaban J connectivity index is 2.57. The van der Waals surface area contributed by atoms with Crippen LogP contribution in [0.3, 0.4) is 0 Å². The third-order valence-corrected chi connectivity index (χ3v) is 2.20. The molecule has 0 atom stereocenters. The summed E-state index contributed by atoms with van der Waals surface area (Å²) >= 11 is 5.88. The first-order valence-corrected chi connectivity index (χ1v) is 4.69. The van der Waals surface area contributed by atoms with Crippen LogP contribution in [0.2, 0.25) is 5.02 Å². The van der Waals surface area contributed by atoms with Crippen LogP contribution in [0.4, 0.5) is 0 Å². The van der Waals surface area contributed by atoms with Crippen molar-refractivity contribution in [3.63, 3.8) is 0 Å². The Labute approximate surface area is 87.6 Å². The molecular formula is C11H9ClN2. The van der Waals surface area contributed by atoms with Gasteiger partial charge < -0.3 is 0 Å². The second-order valence-electron chi connectivity index (χ2n) is 3.00. The van der Waals surface area contributed by atoms with Crippen molar-refractivity contribution in [2.45, 2.75) is 6.92 Å². The Morgan fingerprint density at radius 2 is 2.07 bits per heavy atom. The maximum atomic E-state index is 5.88. The zero-order valence-corrected chi connectivity index (χ0v) is 8.49. The highest BCUT2D eigenvalue weighted by Gasteiger charge is 2.03. The zero-order chi connectivity index (χ0) is 9.97. The first kappa shape index (κ1) is 9.16. The van der Waals surface area contributed by atoms with Crippen LogP contribution in [0.25, 0.3) is 11.3 Å². The minimum absolute atomic E-state index is 0.635. The minimum Gasteiger partial charge on any atom is -0.259 e. The fourth-order valence-corrected chi connectivity index (χ4v) is 1.45. The van der Waals surface area contributed by atoms with E-state index in [4.69, 9.17) is 11.6 Å². The molecule has 70 valence electrons. The van der Waals surface area contributed by atoms with Gasteiger partial charge in [-0.15, -0.1) is 0 Å². The first-order chi connectivity index (χ1) is 6.77. The normalized spacial score (nSPS) is 10.1. The van der Waals surface area contributed by atoms with Crippen molar-refractivity contribution in [1.29, 1.82) is 0 Å². The van der Waals surface area contributed by atoms with Gasteiger partial charge in [-0.3, -0.25) is 9.97 Å². The third-order valence-electron chi connectivity index (χ3n) is 1.99. The van der Waals surface area contributed by atoms with Gasteiger partial charge in [-0.1, -0.05) is 17.7 Å². The molecule has 0 aliphatic heterocycles. The van der Waals surface area contributed by atoms with E-state index in [-0.39, 0.29) is 0 Å². The predicted molar refractivity (Wildman–Crippen MR) is 57.2 cm³/mol. The topological polar surface area (TPSA) is 25.8 Å². The molecule has 2 rings (SSSR count). The zero-order valence-electron chi connectivity index (χ0n) is 7.74. The lowest BCUT2D eigenvalue weighted by molar-refractivity contribution is 1.19. The smallest absolute Gasteiger partial charge is 0.0720 e. The molecule has 2 aromatic rings. The number of aryl methyl sites for hydroxylation is 1. The van der Waals surface area contributed by atoms with Crippen molar-refractivity contribution < 1.29 is 0 Å². The summed E-state index contributed by atoms with van der Waals surface area (Å²) in [6, 6.07) is 7.66. The molecule has 0 radical (unpaired) electrons. The van der Waals surface area contributed by atoms with Gasteiger partial charge in [0.05, 0.1) is 10.7 Å². The molecule has 3 heteroatoms. The summed E-state index contributed by atoms with van der Waals surface area (Å²) < 4.78 is 0. The summed E-state index contributed by atoms with van der Waals surface area (Å²) in [4.78, 5) is 8.44. The average molecular weight is 205 g/mol. The lowest BCUT2D eigenvalue weighted by Gasteiger charge is -2.03. The van der Waals surface area contributed by atoms with E-state index in [0.29, 0.717) is 5.02 Å². The summed E-state index contributed by atoms with van der Waals surface area (Å²) in [5.41, 5.74) is 2.83. The van der Waals surface area contributed by atoms with Gasteiger partial charge in [0.15, 0.2) is 0 Å². The summed E-state index contributed by atoms with van der Waals surface area (Å²) in [6.45, 7) is 1.94. The molecule has 14 heavy (non-hydrogen) atoms. The molecule has 0 N–H and O–H groups in total. The number of rotatable bonds is 1. The second-order valence-corrected chi connectivity index (χ2v) is 3.44. The van der Waals surface area contributed by atoms with E-state index in [9.17, 15) is 0 Å². The molecule has 2 heterocycles. The lowest BCUT2D eigenvalue weighted by atomic mass is 10.1. The van der Waals surface area contributed by atoms with E-state index >= 15 is 0 Å². The number of hydrogen-bond donors (Lipinski definition) is 0. The van der Waals surface area contributed by atoms with E-state index in [1.54, 1.807) is 12.4 Å². The first-order valence-electron chi connectivity index (χ1n) is 4.31. The molecule has 0 spiro atoms. The monoisotopic (exact) mass is 204 g/mol. The van der Waals surface area contributed by atoms with Crippen molar-refractivity contribution in [2.24, 2.45) is 0 Å². The van der Waals surface area contributed by atoms with Gasteiger partial charge in [0.1, 0.15) is 0 Å². The van der Waals surface area contributed by atoms with Crippen LogP contribution in [-0.2, 0) is 0 Å². The van der Waals surface area contributed by atoms with Crippen molar-refractivity contribution >= 4 is 11.6 Å². The molecule has 0 unspecified atom stereocenters. The number of hydrogen-bond acceptors (Lipinski definition) is 2. The number of nitrogens with zero attached hydrogens (tertiary/aromatic N) is 2. The van der Waals surface area contributed by atoms with Gasteiger partial charge >= 0.3 is 0 Å². The van der Waals surface area contributed by atoms with Crippen molar-refractivity contribution in [3.05, 3.63) is 47.4 Å². The van der Waals surface area contributed by atoms with Gasteiger partial charge in [-0.25, -0.2) is 0 Å². The number of aromatic nitrogens is 2. The highest BCUT2D eigenvalue weighted by Crippen LogP contribution is 2.22.